The average Bonchev–Trinajstić information content (AvgIpc) is 2.52. The van der Waals surface area contributed by atoms with E-state index in [4.69, 9.17) is 4.74 Å². The highest BCUT2D eigenvalue weighted by Gasteiger charge is 2.19. The lowest BCUT2D eigenvalue weighted by atomic mass is 10.3. The molecule has 2 aromatic rings. The molecule has 2 rings (SSSR count). The summed E-state index contributed by atoms with van der Waals surface area (Å²) in [5.74, 6) is -0.361. The van der Waals surface area contributed by atoms with Crippen molar-refractivity contribution < 1.29 is 9.53 Å². The maximum absolute atomic E-state index is 11.5. The van der Waals surface area contributed by atoms with Crippen molar-refractivity contribution in [3.63, 3.8) is 0 Å². The van der Waals surface area contributed by atoms with E-state index in [1.54, 1.807) is 24.0 Å². The number of hydrogen-bond donors (Lipinski definition) is 0. The Balaban J connectivity index is 2.81. The Morgan fingerprint density at radius 1 is 1.60 bits per heavy atom. The molecule has 0 aliphatic rings. The molecular weight excluding hydrogens is 260 g/mol. The van der Waals surface area contributed by atoms with Gasteiger partial charge in [-0.2, -0.15) is 0 Å². The minimum absolute atomic E-state index is 0.361. The molecule has 0 radical (unpaired) electrons. The van der Waals surface area contributed by atoms with Crippen LogP contribution in [0.1, 0.15) is 10.5 Å². The van der Waals surface area contributed by atoms with Gasteiger partial charge >= 0.3 is 5.97 Å². The molecule has 2 aromatic heterocycles. The van der Waals surface area contributed by atoms with Crippen LogP contribution in [0.4, 0.5) is 0 Å². The van der Waals surface area contributed by atoms with E-state index in [2.05, 4.69) is 20.9 Å². The van der Waals surface area contributed by atoms with Crippen molar-refractivity contribution in [3.8, 4) is 0 Å². The quantitative estimate of drug-likeness (QED) is 0.745. The van der Waals surface area contributed by atoms with Crippen molar-refractivity contribution in [2.45, 2.75) is 0 Å². The van der Waals surface area contributed by atoms with E-state index < -0.39 is 0 Å². The van der Waals surface area contributed by atoms with E-state index in [9.17, 15) is 4.79 Å². The zero-order chi connectivity index (χ0) is 11.0. The summed E-state index contributed by atoms with van der Waals surface area (Å²) in [5, 5.41) is 0.952. The molecule has 0 N–H and O–H groups in total. The molecule has 2 heterocycles. The van der Waals surface area contributed by atoms with E-state index in [1.165, 1.54) is 7.11 Å². The average molecular weight is 269 g/mol. The Bertz CT molecular complexity index is 494. The maximum atomic E-state index is 11.5. The first-order valence-electron chi connectivity index (χ1n) is 4.33. The molecule has 0 bridgehead atoms. The summed E-state index contributed by atoms with van der Waals surface area (Å²) in [5.41, 5.74) is 1.39. The number of halogens is 1. The molecule has 0 aliphatic heterocycles. The van der Waals surface area contributed by atoms with Crippen LogP contribution in [0.5, 0.6) is 0 Å². The summed E-state index contributed by atoms with van der Waals surface area (Å²) in [6.45, 7) is 0. The third kappa shape index (κ3) is 1.43. The number of esters is 1. The minimum atomic E-state index is -0.361. The van der Waals surface area contributed by atoms with Gasteiger partial charge in [0.05, 0.1) is 23.3 Å². The number of aromatic nitrogens is 2. The van der Waals surface area contributed by atoms with Gasteiger partial charge in [-0.15, -0.1) is 0 Å². The van der Waals surface area contributed by atoms with Gasteiger partial charge in [0, 0.05) is 18.6 Å². The third-order valence-electron chi connectivity index (χ3n) is 2.32. The van der Waals surface area contributed by atoms with Crippen molar-refractivity contribution in [2.24, 2.45) is 7.05 Å². The minimum Gasteiger partial charge on any atom is -0.464 e. The van der Waals surface area contributed by atoms with E-state index in [0.717, 1.165) is 15.4 Å². The monoisotopic (exact) mass is 268 g/mol. The van der Waals surface area contributed by atoms with Gasteiger partial charge in [-0.05, 0) is 22.0 Å². The number of hydrogen-bond acceptors (Lipinski definition) is 3. The van der Waals surface area contributed by atoms with Crippen molar-refractivity contribution in [1.82, 2.24) is 9.55 Å². The molecule has 0 unspecified atom stereocenters. The van der Waals surface area contributed by atoms with Gasteiger partial charge in [-0.3, -0.25) is 4.98 Å². The van der Waals surface area contributed by atoms with Gasteiger partial charge in [0.25, 0.3) is 0 Å². The normalized spacial score (nSPS) is 10.6. The van der Waals surface area contributed by atoms with Gasteiger partial charge in [-0.25, -0.2) is 4.79 Å². The molecule has 0 atom stereocenters. The smallest absolute Gasteiger partial charge is 0.355 e. The Morgan fingerprint density at radius 2 is 2.33 bits per heavy atom. The zero-order valence-electron chi connectivity index (χ0n) is 8.32. The Kier molecular flexibility index (Phi) is 2.48. The molecule has 5 heteroatoms. The van der Waals surface area contributed by atoms with Gasteiger partial charge in [-0.1, -0.05) is 0 Å². The summed E-state index contributed by atoms with van der Waals surface area (Å²) in [6.07, 6.45) is 3.40. The third-order valence-corrected chi connectivity index (χ3v) is 3.12. The number of ether oxygens (including phenoxy) is 1. The van der Waals surface area contributed by atoms with E-state index in [1.807, 2.05) is 6.07 Å². The van der Waals surface area contributed by atoms with Gasteiger partial charge < -0.3 is 9.30 Å². The van der Waals surface area contributed by atoms with Crippen molar-refractivity contribution in [3.05, 3.63) is 28.6 Å². The Morgan fingerprint density at radius 3 is 2.93 bits per heavy atom. The van der Waals surface area contributed by atoms with Gasteiger partial charge in [0.2, 0.25) is 0 Å². The number of methoxy groups -OCH3 is 1. The van der Waals surface area contributed by atoms with Crippen LogP contribution in [0.25, 0.3) is 10.9 Å². The highest BCUT2D eigenvalue weighted by molar-refractivity contribution is 9.10. The fourth-order valence-corrected chi connectivity index (χ4v) is 2.32. The molecule has 0 spiro atoms. The second-order valence-electron chi connectivity index (χ2n) is 3.11. The topological polar surface area (TPSA) is 44.1 Å². The second kappa shape index (κ2) is 3.66. The number of rotatable bonds is 1. The first-order valence-corrected chi connectivity index (χ1v) is 5.12. The Labute approximate surface area is 95.0 Å². The highest BCUT2D eigenvalue weighted by Crippen LogP contribution is 2.29. The fraction of sp³-hybridized carbons (Fsp3) is 0.200. The lowest BCUT2D eigenvalue weighted by Crippen LogP contribution is -2.07. The standard InChI is InChI=1S/C10H9BrN2O2/c1-13-7-5-12-4-3-6(7)8(11)9(13)10(14)15-2/h3-5H,1-2H3. The van der Waals surface area contributed by atoms with E-state index >= 15 is 0 Å². The number of fused-ring (bicyclic) bond motifs is 1. The SMILES string of the molecule is COC(=O)c1c(Br)c2ccncc2n1C. The maximum Gasteiger partial charge on any atom is 0.355 e. The lowest BCUT2D eigenvalue weighted by Gasteiger charge is -2.01. The molecule has 15 heavy (non-hydrogen) atoms. The predicted molar refractivity (Wildman–Crippen MR) is 59.8 cm³/mol. The van der Waals surface area contributed by atoms with Crippen molar-refractivity contribution in [2.75, 3.05) is 7.11 Å². The lowest BCUT2D eigenvalue weighted by molar-refractivity contribution is 0.0589. The molecular formula is C10H9BrN2O2. The van der Waals surface area contributed by atoms with Gasteiger partial charge in [0.1, 0.15) is 5.69 Å². The predicted octanol–water partition coefficient (Wildman–Crippen LogP) is 2.12. The summed E-state index contributed by atoms with van der Waals surface area (Å²) in [6, 6.07) is 1.85. The molecule has 4 nitrogen and oxygen atoms in total. The number of carbonyl (C=O) groups excluding carboxylic acids is 1. The summed E-state index contributed by atoms with van der Waals surface area (Å²) < 4.78 is 7.22. The number of carbonyl (C=O) groups is 1. The molecule has 0 aromatic carbocycles. The first kappa shape index (κ1) is 10.2. The molecule has 0 amide bonds. The van der Waals surface area contributed by atoms with Crippen molar-refractivity contribution >= 4 is 32.8 Å². The number of pyridine rings is 1. The highest BCUT2D eigenvalue weighted by atomic mass is 79.9. The van der Waals surface area contributed by atoms with Crippen LogP contribution >= 0.6 is 15.9 Å². The summed E-state index contributed by atoms with van der Waals surface area (Å²) in [4.78, 5) is 15.6. The second-order valence-corrected chi connectivity index (χ2v) is 3.90. The number of aryl methyl sites for hydroxylation is 1. The zero-order valence-corrected chi connectivity index (χ0v) is 9.91. The molecule has 0 saturated heterocycles. The van der Waals surface area contributed by atoms with Crippen LogP contribution in [0.2, 0.25) is 0 Å². The van der Waals surface area contributed by atoms with Crippen LogP contribution < -0.4 is 0 Å². The fourth-order valence-electron chi connectivity index (χ4n) is 1.56. The van der Waals surface area contributed by atoms with E-state index in [0.29, 0.717) is 5.69 Å². The van der Waals surface area contributed by atoms with Crippen LogP contribution in [0.3, 0.4) is 0 Å². The molecule has 0 aliphatic carbocycles. The molecule has 78 valence electrons. The molecule has 0 saturated carbocycles. The van der Waals surface area contributed by atoms with Crippen LogP contribution in [-0.2, 0) is 11.8 Å². The number of nitrogens with zero attached hydrogens (tertiary/aromatic N) is 2. The van der Waals surface area contributed by atoms with Crippen LogP contribution in [-0.4, -0.2) is 22.6 Å². The Hall–Kier alpha value is -1.36. The van der Waals surface area contributed by atoms with Gasteiger partial charge in [0.15, 0.2) is 0 Å². The molecule has 0 fully saturated rings. The van der Waals surface area contributed by atoms with Crippen molar-refractivity contribution in [1.29, 1.82) is 0 Å². The summed E-state index contributed by atoms with van der Waals surface area (Å²) >= 11 is 3.39. The van der Waals surface area contributed by atoms with E-state index in [-0.39, 0.29) is 5.97 Å². The van der Waals surface area contributed by atoms with Crippen LogP contribution in [0.15, 0.2) is 22.9 Å². The van der Waals surface area contributed by atoms with Crippen LogP contribution in [0, 0.1) is 0 Å². The summed E-state index contributed by atoms with van der Waals surface area (Å²) in [7, 11) is 3.17. The largest absolute Gasteiger partial charge is 0.464 e. The first-order chi connectivity index (χ1) is 7.16.